The first-order valence-corrected chi connectivity index (χ1v) is 6.06. The summed E-state index contributed by atoms with van der Waals surface area (Å²) in [5.74, 6) is -1.07. The van der Waals surface area contributed by atoms with E-state index in [9.17, 15) is 9.59 Å². The van der Waals surface area contributed by atoms with E-state index in [1.807, 2.05) is 0 Å². The number of hydrogen-bond donors (Lipinski definition) is 2. The molecule has 1 aliphatic rings. The van der Waals surface area contributed by atoms with Gasteiger partial charge in [-0.1, -0.05) is 0 Å². The van der Waals surface area contributed by atoms with Gasteiger partial charge >= 0.3 is 12.0 Å². The van der Waals surface area contributed by atoms with Gasteiger partial charge in [0.1, 0.15) is 6.54 Å². The van der Waals surface area contributed by atoms with E-state index in [2.05, 4.69) is 5.32 Å². The molecule has 0 aromatic carbocycles. The number of nitrogens with zero attached hydrogens (tertiary/aromatic N) is 1. The topological polar surface area (TPSA) is 97.3 Å². The number of aliphatic carboxylic acids is 1. The lowest BCUT2D eigenvalue weighted by molar-refractivity contribution is -0.137. The van der Waals surface area contributed by atoms with E-state index in [0.29, 0.717) is 26.4 Å². The molecular weight excluding hydrogens is 256 g/mol. The molecule has 1 fully saturated rings. The van der Waals surface area contributed by atoms with Gasteiger partial charge in [-0.25, -0.2) is 4.79 Å². The molecule has 0 saturated carbocycles. The van der Waals surface area contributed by atoms with Gasteiger partial charge in [-0.3, -0.25) is 4.79 Å². The van der Waals surface area contributed by atoms with Crippen LogP contribution in [-0.2, 0) is 19.0 Å². The summed E-state index contributed by atoms with van der Waals surface area (Å²) >= 11 is 0. The zero-order chi connectivity index (χ0) is 14.1. The Bertz CT molecular complexity index is 293. The van der Waals surface area contributed by atoms with Gasteiger partial charge in [0.25, 0.3) is 0 Å². The van der Waals surface area contributed by atoms with E-state index in [-0.39, 0.29) is 25.8 Å². The molecule has 0 bridgehead atoms. The predicted molar refractivity (Wildman–Crippen MR) is 65.0 cm³/mol. The summed E-state index contributed by atoms with van der Waals surface area (Å²) in [5.41, 5.74) is 0. The van der Waals surface area contributed by atoms with Gasteiger partial charge in [0.2, 0.25) is 0 Å². The van der Waals surface area contributed by atoms with Crippen LogP contribution in [0.5, 0.6) is 0 Å². The minimum atomic E-state index is -1.07. The maximum absolute atomic E-state index is 11.8. The fourth-order valence-corrected chi connectivity index (χ4v) is 1.58. The van der Waals surface area contributed by atoms with E-state index < -0.39 is 12.0 Å². The van der Waals surface area contributed by atoms with E-state index in [1.165, 1.54) is 12.0 Å². The van der Waals surface area contributed by atoms with Crippen LogP contribution >= 0.6 is 0 Å². The number of urea groups is 1. The molecule has 8 nitrogen and oxygen atoms in total. The summed E-state index contributed by atoms with van der Waals surface area (Å²) < 4.78 is 15.4. The molecule has 1 atom stereocenters. The van der Waals surface area contributed by atoms with Gasteiger partial charge in [-0.2, -0.15) is 0 Å². The second kappa shape index (κ2) is 8.68. The van der Waals surface area contributed by atoms with Gasteiger partial charge in [0.05, 0.1) is 32.5 Å². The van der Waals surface area contributed by atoms with Crippen LogP contribution in [0.1, 0.15) is 0 Å². The summed E-state index contributed by atoms with van der Waals surface area (Å²) in [6.45, 7) is 1.92. The third-order valence-corrected chi connectivity index (χ3v) is 2.54. The minimum absolute atomic E-state index is 0.188. The van der Waals surface area contributed by atoms with Crippen LogP contribution in [0.25, 0.3) is 0 Å². The summed E-state index contributed by atoms with van der Waals surface area (Å²) in [7, 11) is 1.49. The number of hydrogen-bond acceptors (Lipinski definition) is 5. The van der Waals surface area contributed by atoms with Crippen molar-refractivity contribution < 1.29 is 28.9 Å². The Kier molecular flexibility index (Phi) is 7.16. The van der Waals surface area contributed by atoms with Crippen LogP contribution in [0.15, 0.2) is 0 Å². The number of methoxy groups -OCH3 is 1. The van der Waals surface area contributed by atoms with Crippen LogP contribution < -0.4 is 5.32 Å². The quantitative estimate of drug-likeness (QED) is 0.628. The van der Waals surface area contributed by atoms with Crippen molar-refractivity contribution in [2.75, 3.05) is 53.2 Å². The van der Waals surface area contributed by atoms with E-state index >= 15 is 0 Å². The molecule has 0 aliphatic carbocycles. The number of carbonyl (C=O) groups is 2. The lowest BCUT2D eigenvalue weighted by Crippen LogP contribution is -2.48. The standard InChI is InChI=1S/C11H20N2O6/c1-17-3-2-13(7-10(14)15)11(16)12-6-9-8-18-4-5-19-9/h9H,2-8H2,1H3,(H,12,16)(H,14,15). The fourth-order valence-electron chi connectivity index (χ4n) is 1.58. The third kappa shape index (κ3) is 6.37. The zero-order valence-corrected chi connectivity index (χ0v) is 11.0. The highest BCUT2D eigenvalue weighted by Crippen LogP contribution is 1.99. The van der Waals surface area contributed by atoms with Gasteiger partial charge in [-0.15, -0.1) is 0 Å². The molecule has 0 spiro atoms. The monoisotopic (exact) mass is 276 g/mol. The molecule has 0 radical (unpaired) electrons. The van der Waals surface area contributed by atoms with Crippen molar-refractivity contribution in [2.45, 2.75) is 6.10 Å². The Hall–Kier alpha value is -1.38. The number of carbonyl (C=O) groups excluding carboxylic acids is 1. The number of carboxylic acids is 1. The number of rotatable bonds is 7. The first-order valence-electron chi connectivity index (χ1n) is 6.06. The van der Waals surface area contributed by atoms with Crippen LogP contribution in [0, 0.1) is 0 Å². The van der Waals surface area contributed by atoms with E-state index in [1.54, 1.807) is 0 Å². The van der Waals surface area contributed by atoms with E-state index in [0.717, 1.165) is 0 Å². The molecule has 19 heavy (non-hydrogen) atoms. The molecule has 1 rings (SSSR count). The van der Waals surface area contributed by atoms with Crippen LogP contribution in [0.2, 0.25) is 0 Å². The Morgan fingerprint density at radius 1 is 1.47 bits per heavy atom. The second-order valence-corrected chi connectivity index (χ2v) is 4.06. The first-order chi connectivity index (χ1) is 9.13. The fraction of sp³-hybridized carbons (Fsp3) is 0.818. The molecular formula is C11H20N2O6. The first kappa shape index (κ1) is 15.7. The smallest absolute Gasteiger partial charge is 0.323 e. The average molecular weight is 276 g/mol. The number of ether oxygens (including phenoxy) is 3. The second-order valence-electron chi connectivity index (χ2n) is 4.06. The van der Waals surface area contributed by atoms with Crippen molar-refractivity contribution in [3.63, 3.8) is 0 Å². The van der Waals surface area contributed by atoms with Gasteiger partial charge in [-0.05, 0) is 0 Å². The van der Waals surface area contributed by atoms with Crippen molar-refractivity contribution in [3.8, 4) is 0 Å². The molecule has 8 heteroatoms. The molecule has 110 valence electrons. The highest BCUT2D eigenvalue weighted by atomic mass is 16.6. The van der Waals surface area contributed by atoms with Crippen LogP contribution in [0.3, 0.4) is 0 Å². The van der Waals surface area contributed by atoms with Crippen molar-refractivity contribution in [2.24, 2.45) is 0 Å². The normalized spacial score (nSPS) is 18.9. The Morgan fingerprint density at radius 3 is 2.84 bits per heavy atom. The van der Waals surface area contributed by atoms with Gasteiger partial charge < -0.3 is 29.5 Å². The lowest BCUT2D eigenvalue weighted by Gasteiger charge is -2.25. The summed E-state index contributed by atoms with van der Waals surface area (Å²) in [6, 6.07) is -0.450. The third-order valence-electron chi connectivity index (χ3n) is 2.54. The van der Waals surface area contributed by atoms with Crippen LogP contribution in [-0.4, -0.2) is 81.3 Å². The van der Waals surface area contributed by atoms with Crippen LogP contribution in [0.4, 0.5) is 4.79 Å². The van der Waals surface area contributed by atoms with E-state index in [4.69, 9.17) is 19.3 Å². The van der Waals surface area contributed by atoms with Crippen molar-refractivity contribution in [3.05, 3.63) is 0 Å². The van der Waals surface area contributed by atoms with Crippen molar-refractivity contribution in [1.82, 2.24) is 10.2 Å². The molecule has 0 aromatic heterocycles. The molecule has 2 N–H and O–H groups in total. The maximum atomic E-state index is 11.8. The number of carboxylic acid groups (broad SMARTS) is 1. The average Bonchev–Trinajstić information content (AvgIpc) is 2.41. The number of nitrogens with one attached hydrogen (secondary N) is 1. The SMILES string of the molecule is COCCN(CC(=O)O)C(=O)NCC1COCCO1. The largest absolute Gasteiger partial charge is 0.480 e. The minimum Gasteiger partial charge on any atom is -0.480 e. The Balaban J connectivity index is 2.34. The maximum Gasteiger partial charge on any atom is 0.323 e. The molecule has 0 aromatic rings. The molecule has 1 heterocycles. The van der Waals surface area contributed by atoms with Crippen molar-refractivity contribution >= 4 is 12.0 Å². The molecule has 1 aliphatic heterocycles. The molecule has 2 amide bonds. The Labute approximate surface area is 111 Å². The Morgan fingerprint density at radius 2 is 2.26 bits per heavy atom. The predicted octanol–water partition coefficient (Wildman–Crippen LogP) is -0.856. The highest BCUT2D eigenvalue weighted by molar-refractivity contribution is 5.80. The summed E-state index contributed by atoms with van der Waals surface area (Å²) in [5, 5.41) is 11.4. The van der Waals surface area contributed by atoms with Gasteiger partial charge in [0, 0.05) is 20.2 Å². The summed E-state index contributed by atoms with van der Waals surface area (Å²) in [4.78, 5) is 23.7. The number of amides is 2. The highest BCUT2D eigenvalue weighted by Gasteiger charge is 2.19. The van der Waals surface area contributed by atoms with Gasteiger partial charge in [0.15, 0.2) is 0 Å². The zero-order valence-electron chi connectivity index (χ0n) is 11.0. The molecule has 1 unspecified atom stereocenters. The molecule has 1 saturated heterocycles. The van der Waals surface area contributed by atoms with Crippen molar-refractivity contribution in [1.29, 1.82) is 0 Å². The lowest BCUT2D eigenvalue weighted by atomic mass is 10.3. The summed E-state index contributed by atoms with van der Waals surface area (Å²) in [6.07, 6.45) is -0.188.